The first-order valence-electron chi connectivity index (χ1n) is 5.72. The van der Waals surface area contributed by atoms with E-state index in [1.165, 1.54) is 17.8 Å². The third-order valence-electron chi connectivity index (χ3n) is 2.24. The Kier molecular flexibility index (Phi) is 4.37. The van der Waals surface area contributed by atoms with Gasteiger partial charge in [0.25, 0.3) is 0 Å². The molecular formula is C14H13F2NOS. The zero-order valence-corrected chi connectivity index (χ0v) is 11.2. The summed E-state index contributed by atoms with van der Waals surface area (Å²) in [4.78, 5) is 4.77. The maximum atomic E-state index is 12.6. The van der Waals surface area contributed by atoms with E-state index in [1.807, 2.05) is 30.3 Å². The Bertz CT molecular complexity index is 511. The first-order valence-corrected chi connectivity index (χ1v) is 6.71. The van der Waals surface area contributed by atoms with Gasteiger partial charge in [0.1, 0.15) is 0 Å². The molecule has 0 saturated carbocycles. The van der Waals surface area contributed by atoms with Crippen molar-refractivity contribution in [3.63, 3.8) is 0 Å². The lowest BCUT2D eigenvalue weighted by molar-refractivity contribution is -0.161. The number of halogens is 2. The molecule has 0 atom stereocenters. The Labute approximate surface area is 114 Å². The normalized spacial score (nSPS) is 11.3. The molecule has 0 aliphatic heterocycles. The summed E-state index contributed by atoms with van der Waals surface area (Å²) in [7, 11) is 0. The molecule has 0 spiro atoms. The first-order chi connectivity index (χ1) is 9.03. The van der Waals surface area contributed by atoms with Gasteiger partial charge >= 0.3 is 6.11 Å². The second kappa shape index (κ2) is 6.02. The van der Waals surface area contributed by atoms with Gasteiger partial charge in [0.15, 0.2) is 0 Å². The molecule has 0 N–H and O–H groups in total. The molecule has 0 radical (unpaired) electrons. The highest BCUT2D eigenvalue weighted by Crippen LogP contribution is 2.25. The van der Waals surface area contributed by atoms with Crippen LogP contribution in [0.3, 0.4) is 0 Å². The minimum absolute atomic E-state index is 0.0726. The van der Waals surface area contributed by atoms with Crippen molar-refractivity contribution in [1.82, 2.24) is 4.98 Å². The molecule has 0 amide bonds. The predicted octanol–water partition coefficient (Wildman–Crippen LogP) is 4.37. The molecule has 100 valence electrons. The number of pyridine rings is 1. The number of rotatable bonds is 5. The number of hydrogen-bond acceptors (Lipinski definition) is 3. The molecule has 1 aromatic heterocycles. The number of hydrogen-bond donors (Lipinski definition) is 0. The number of ether oxygens (including phenoxy) is 1. The molecule has 5 heteroatoms. The smallest absolute Gasteiger partial charge is 0.396 e. The van der Waals surface area contributed by atoms with E-state index in [0.717, 1.165) is 10.6 Å². The minimum Gasteiger partial charge on any atom is -0.415 e. The molecule has 0 fully saturated rings. The van der Waals surface area contributed by atoms with E-state index in [-0.39, 0.29) is 5.88 Å². The van der Waals surface area contributed by atoms with Crippen molar-refractivity contribution in [2.24, 2.45) is 0 Å². The van der Waals surface area contributed by atoms with Gasteiger partial charge in [-0.15, -0.1) is 11.8 Å². The number of benzene rings is 1. The van der Waals surface area contributed by atoms with Gasteiger partial charge in [-0.05, 0) is 11.6 Å². The van der Waals surface area contributed by atoms with Crippen LogP contribution in [0.4, 0.5) is 8.78 Å². The minimum atomic E-state index is -3.20. The Balaban J connectivity index is 1.92. The van der Waals surface area contributed by atoms with Gasteiger partial charge in [0, 0.05) is 29.8 Å². The van der Waals surface area contributed by atoms with Crippen LogP contribution in [0.2, 0.25) is 0 Å². The summed E-state index contributed by atoms with van der Waals surface area (Å²) in [5.41, 5.74) is 1.20. The molecule has 2 nitrogen and oxygen atoms in total. The number of thioether (sulfide) groups is 1. The van der Waals surface area contributed by atoms with E-state index in [0.29, 0.717) is 6.92 Å². The van der Waals surface area contributed by atoms with Crippen molar-refractivity contribution in [3.8, 4) is 5.88 Å². The van der Waals surface area contributed by atoms with E-state index in [4.69, 9.17) is 0 Å². The van der Waals surface area contributed by atoms with Gasteiger partial charge in [-0.25, -0.2) is 4.98 Å². The van der Waals surface area contributed by atoms with Gasteiger partial charge in [-0.2, -0.15) is 8.78 Å². The number of nitrogens with zero attached hydrogens (tertiary/aromatic N) is 1. The Morgan fingerprint density at radius 1 is 1.16 bits per heavy atom. The van der Waals surface area contributed by atoms with Crippen molar-refractivity contribution >= 4 is 11.8 Å². The summed E-state index contributed by atoms with van der Waals surface area (Å²) in [5.74, 6) is 0.740. The van der Waals surface area contributed by atoms with Gasteiger partial charge in [0.05, 0.1) is 0 Å². The summed E-state index contributed by atoms with van der Waals surface area (Å²) < 4.78 is 29.6. The van der Waals surface area contributed by atoms with Crippen molar-refractivity contribution < 1.29 is 13.5 Å². The third kappa shape index (κ3) is 4.87. The second-order valence-electron chi connectivity index (χ2n) is 4.02. The van der Waals surface area contributed by atoms with Crippen LogP contribution < -0.4 is 4.74 Å². The average Bonchev–Trinajstić information content (AvgIpc) is 2.37. The lowest BCUT2D eigenvalue weighted by atomic mass is 10.2. The Hall–Kier alpha value is -1.62. The van der Waals surface area contributed by atoms with Crippen LogP contribution in [0.25, 0.3) is 0 Å². The highest BCUT2D eigenvalue weighted by Gasteiger charge is 2.23. The summed E-state index contributed by atoms with van der Waals surface area (Å²) >= 11 is 1.59. The fourth-order valence-corrected chi connectivity index (χ4v) is 2.25. The van der Waals surface area contributed by atoms with Gasteiger partial charge in [-0.1, -0.05) is 30.3 Å². The van der Waals surface area contributed by atoms with Crippen LogP contribution in [-0.2, 0) is 5.75 Å². The van der Waals surface area contributed by atoms with E-state index in [2.05, 4.69) is 9.72 Å². The largest absolute Gasteiger partial charge is 0.415 e. The van der Waals surface area contributed by atoms with Gasteiger partial charge in [0.2, 0.25) is 5.88 Å². The summed E-state index contributed by atoms with van der Waals surface area (Å²) in [5, 5.41) is 0. The molecule has 1 heterocycles. The van der Waals surface area contributed by atoms with Crippen LogP contribution in [0, 0.1) is 0 Å². The van der Waals surface area contributed by atoms with Crippen LogP contribution in [0.1, 0.15) is 12.5 Å². The fourth-order valence-electron chi connectivity index (χ4n) is 1.44. The van der Waals surface area contributed by atoms with Crippen LogP contribution in [0.15, 0.2) is 53.6 Å². The van der Waals surface area contributed by atoms with E-state index in [1.54, 1.807) is 17.8 Å². The topological polar surface area (TPSA) is 22.1 Å². The van der Waals surface area contributed by atoms with E-state index in [9.17, 15) is 8.78 Å². The second-order valence-corrected chi connectivity index (χ2v) is 5.07. The molecule has 0 unspecified atom stereocenters. The lowest BCUT2D eigenvalue weighted by Gasteiger charge is -2.11. The molecule has 19 heavy (non-hydrogen) atoms. The number of alkyl halides is 2. The van der Waals surface area contributed by atoms with E-state index < -0.39 is 6.11 Å². The quantitative estimate of drug-likeness (QED) is 0.760. The molecule has 0 bridgehead atoms. The monoisotopic (exact) mass is 281 g/mol. The highest BCUT2D eigenvalue weighted by molar-refractivity contribution is 7.98. The first kappa shape index (κ1) is 13.8. The maximum absolute atomic E-state index is 12.6. The molecule has 1 aromatic carbocycles. The lowest BCUT2D eigenvalue weighted by Crippen LogP contribution is -2.19. The zero-order valence-electron chi connectivity index (χ0n) is 10.3. The summed E-state index contributed by atoms with van der Waals surface area (Å²) in [6, 6.07) is 13.2. The van der Waals surface area contributed by atoms with E-state index >= 15 is 0 Å². The van der Waals surface area contributed by atoms with Gasteiger partial charge < -0.3 is 4.74 Å². The van der Waals surface area contributed by atoms with Crippen molar-refractivity contribution in [3.05, 3.63) is 54.2 Å². The van der Waals surface area contributed by atoms with Gasteiger partial charge in [-0.3, -0.25) is 0 Å². The van der Waals surface area contributed by atoms with Crippen LogP contribution in [0.5, 0.6) is 5.88 Å². The molecule has 2 rings (SSSR count). The van der Waals surface area contributed by atoms with Crippen molar-refractivity contribution in [2.75, 3.05) is 0 Å². The summed E-state index contributed by atoms with van der Waals surface area (Å²) in [6.07, 6.45) is -1.67. The van der Waals surface area contributed by atoms with Crippen molar-refractivity contribution in [1.29, 1.82) is 0 Å². The Morgan fingerprint density at radius 3 is 2.47 bits per heavy atom. The van der Waals surface area contributed by atoms with Crippen LogP contribution >= 0.6 is 11.8 Å². The molecular weight excluding hydrogens is 268 g/mol. The zero-order chi connectivity index (χ0) is 13.7. The standard InChI is InChI=1S/C14H13F2NOS/c1-14(15,16)18-13-8-7-12(9-17-13)19-10-11-5-3-2-4-6-11/h2-9H,10H2,1H3. The van der Waals surface area contributed by atoms with Crippen LogP contribution in [-0.4, -0.2) is 11.1 Å². The number of aromatic nitrogens is 1. The Morgan fingerprint density at radius 2 is 1.89 bits per heavy atom. The molecule has 0 saturated heterocycles. The third-order valence-corrected chi connectivity index (χ3v) is 3.29. The van der Waals surface area contributed by atoms with Crippen molar-refractivity contribution in [2.45, 2.75) is 23.7 Å². The summed E-state index contributed by atoms with van der Waals surface area (Å²) in [6.45, 7) is 0.687. The average molecular weight is 281 g/mol. The molecule has 0 aliphatic carbocycles. The maximum Gasteiger partial charge on any atom is 0.396 e. The predicted molar refractivity (Wildman–Crippen MR) is 71.5 cm³/mol. The SMILES string of the molecule is CC(F)(F)Oc1ccc(SCc2ccccc2)cn1. The fraction of sp³-hybridized carbons (Fsp3) is 0.214. The highest BCUT2D eigenvalue weighted by atomic mass is 32.2. The molecule has 0 aliphatic rings. The molecule has 2 aromatic rings.